The predicted molar refractivity (Wildman–Crippen MR) is 118 cm³/mol. The minimum absolute atomic E-state index is 0.0820. The van der Waals surface area contributed by atoms with E-state index in [1.807, 2.05) is 49.6 Å². The lowest BCUT2D eigenvalue weighted by molar-refractivity contribution is -0.142. The fourth-order valence-electron chi connectivity index (χ4n) is 5.25. The highest BCUT2D eigenvalue weighted by Gasteiger charge is 2.50. The number of benzene rings is 2. The van der Waals surface area contributed by atoms with Crippen LogP contribution in [-0.4, -0.2) is 27.1 Å². The lowest BCUT2D eigenvalue weighted by Gasteiger charge is -2.52. The van der Waals surface area contributed by atoms with Crippen LogP contribution in [0.25, 0.3) is 10.9 Å². The molecule has 2 N–H and O–H groups in total. The first-order valence-electron chi connectivity index (χ1n) is 10.4. The summed E-state index contributed by atoms with van der Waals surface area (Å²) in [5.74, 6) is -1.46. The summed E-state index contributed by atoms with van der Waals surface area (Å²) in [6.45, 7) is 6.41. The zero-order valence-electron chi connectivity index (χ0n) is 18.0. The van der Waals surface area contributed by atoms with Crippen LogP contribution in [0.3, 0.4) is 0 Å². The van der Waals surface area contributed by atoms with Gasteiger partial charge in [0.15, 0.2) is 0 Å². The number of aromatic nitrogens is 1. The van der Waals surface area contributed by atoms with Gasteiger partial charge in [-0.3, -0.25) is 9.59 Å². The van der Waals surface area contributed by atoms with Gasteiger partial charge in [0.05, 0.1) is 17.5 Å². The molecule has 0 saturated heterocycles. The molecular formula is C25H27FN2O3. The molecule has 0 bridgehead atoms. The van der Waals surface area contributed by atoms with Crippen LogP contribution in [0.15, 0.2) is 48.7 Å². The quantitative estimate of drug-likeness (QED) is 0.594. The molecule has 1 aliphatic rings. The number of hydrogen-bond acceptors (Lipinski definition) is 2. The molecule has 6 heteroatoms. The van der Waals surface area contributed by atoms with E-state index in [9.17, 15) is 14.0 Å². The molecule has 4 rings (SSSR count). The monoisotopic (exact) mass is 422 g/mol. The summed E-state index contributed by atoms with van der Waals surface area (Å²) in [4.78, 5) is 24.3. The maximum absolute atomic E-state index is 14.5. The molecule has 0 atom stereocenters. The van der Waals surface area contributed by atoms with Crippen molar-refractivity contribution >= 4 is 22.8 Å². The van der Waals surface area contributed by atoms with Gasteiger partial charge >= 0.3 is 5.97 Å². The van der Waals surface area contributed by atoms with Gasteiger partial charge in [0.25, 0.3) is 5.91 Å². The van der Waals surface area contributed by atoms with Crippen LogP contribution in [0.1, 0.15) is 54.6 Å². The van der Waals surface area contributed by atoms with Gasteiger partial charge in [0, 0.05) is 23.7 Å². The molecule has 3 aromatic rings. The van der Waals surface area contributed by atoms with Crippen molar-refractivity contribution in [2.24, 2.45) is 5.41 Å². The zero-order valence-corrected chi connectivity index (χ0v) is 18.0. The first-order valence-corrected chi connectivity index (χ1v) is 10.4. The summed E-state index contributed by atoms with van der Waals surface area (Å²) >= 11 is 0. The molecule has 31 heavy (non-hydrogen) atoms. The number of nitrogens with one attached hydrogen (secondary N) is 1. The van der Waals surface area contributed by atoms with Gasteiger partial charge in [0.1, 0.15) is 5.82 Å². The van der Waals surface area contributed by atoms with Crippen LogP contribution >= 0.6 is 0 Å². The number of aryl methyl sites for hydroxylation is 1. The number of nitrogens with zero attached hydrogens (tertiary/aromatic N) is 1. The number of carboxylic acid groups (broad SMARTS) is 1. The van der Waals surface area contributed by atoms with E-state index in [-0.39, 0.29) is 23.6 Å². The van der Waals surface area contributed by atoms with Crippen molar-refractivity contribution in [3.05, 3.63) is 71.2 Å². The van der Waals surface area contributed by atoms with Gasteiger partial charge in [-0.25, -0.2) is 4.39 Å². The minimum atomic E-state index is -0.829. The van der Waals surface area contributed by atoms with E-state index in [2.05, 4.69) is 5.32 Å². The Hall–Kier alpha value is -3.15. The maximum atomic E-state index is 14.5. The minimum Gasteiger partial charge on any atom is -0.481 e. The SMILES string of the molecule is Cc1ccc(Cn2ccc3c(F)ccc(C(=O)NC4(C)CC(C)(CC(=O)O)C4)c32)cc1. The number of carbonyl (C=O) groups excluding carboxylic acids is 1. The second kappa shape index (κ2) is 7.52. The summed E-state index contributed by atoms with van der Waals surface area (Å²) in [6.07, 6.45) is 3.07. The van der Waals surface area contributed by atoms with Gasteiger partial charge < -0.3 is 15.0 Å². The molecule has 0 radical (unpaired) electrons. The molecule has 0 spiro atoms. The van der Waals surface area contributed by atoms with Gasteiger partial charge in [-0.05, 0) is 55.9 Å². The Labute approximate surface area is 180 Å². The molecule has 0 unspecified atom stereocenters. The van der Waals surface area contributed by atoms with Crippen molar-refractivity contribution in [3.63, 3.8) is 0 Å². The molecule has 1 saturated carbocycles. The second-order valence-corrected chi connectivity index (χ2v) is 9.54. The Morgan fingerprint density at radius 3 is 2.42 bits per heavy atom. The molecule has 2 aromatic carbocycles. The smallest absolute Gasteiger partial charge is 0.303 e. The van der Waals surface area contributed by atoms with Crippen LogP contribution in [0.2, 0.25) is 0 Å². The van der Waals surface area contributed by atoms with E-state index in [1.54, 1.807) is 12.3 Å². The highest BCUT2D eigenvalue weighted by Crippen LogP contribution is 2.50. The molecule has 1 aliphatic carbocycles. The molecule has 0 aliphatic heterocycles. The number of rotatable bonds is 6. The van der Waals surface area contributed by atoms with Crippen molar-refractivity contribution in [1.29, 1.82) is 0 Å². The standard InChI is InChI=1S/C25H27FN2O3/c1-16-4-6-17(7-5-16)13-28-11-10-18-20(26)9-8-19(22(18)28)23(31)27-25(3)14-24(2,15-25)12-21(29)30/h4-11H,12-15H2,1-3H3,(H,27,31)(H,29,30). The first-order chi connectivity index (χ1) is 14.6. The number of amides is 1. The number of hydrogen-bond donors (Lipinski definition) is 2. The molecular weight excluding hydrogens is 395 g/mol. The molecule has 1 amide bonds. The van der Waals surface area contributed by atoms with Crippen molar-refractivity contribution in [2.75, 3.05) is 0 Å². The molecule has 5 nitrogen and oxygen atoms in total. The van der Waals surface area contributed by atoms with Crippen LogP contribution < -0.4 is 5.32 Å². The van der Waals surface area contributed by atoms with Crippen molar-refractivity contribution in [2.45, 2.75) is 52.1 Å². The van der Waals surface area contributed by atoms with Gasteiger partial charge in [0.2, 0.25) is 0 Å². The van der Waals surface area contributed by atoms with E-state index >= 15 is 0 Å². The Bertz CT molecular complexity index is 1160. The number of carbonyl (C=O) groups is 2. The third-order valence-electron chi connectivity index (χ3n) is 6.22. The maximum Gasteiger partial charge on any atom is 0.303 e. The fourth-order valence-corrected chi connectivity index (χ4v) is 5.25. The lowest BCUT2D eigenvalue weighted by atomic mass is 9.57. The molecule has 162 valence electrons. The zero-order chi connectivity index (χ0) is 22.4. The van der Waals surface area contributed by atoms with Gasteiger partial charge in [-0.2, -0.15) is 0 Å². The average Bonchev–Trinajstić information content (AvgIpc) is 3.06. The second-order valence-electron chi connectivity index (χ2n) is 9.54. The van der Waals surface area contributed by atoms with E-state index in [4.69, 9.17) is 5.11 Å². The largest absolute Gasteiger partial charge is 0.481 e. The van der Waals surface area contributed by atoms with E-state index in [0.29, 0.717) is 35.9 Å². The van der Waals surface area contributed by atoms with Crippen LogP contribution in [-0.2, 0) is 11.3 Å². The number of aliphatic carboxylic acids is 1. The summed E-state index contributed by atoms with van der Waals surface area (Å²) < 4.78 is 16.4. The Morgan fingerprint density at radius 2 is 1.77 bits per heavy atom. The van der Waals surface area contributed by atoms with Crippen molar-refractivity contribution < 1.29 is 19.1 Å². The highest BCUT2D eigenvalue weighted by atomic mass is 19.1. The van der Waals surface area contributed by atoms with Crippen LogP contribution in [0.4, 0.5) is 4.39 Å². The van der Waals surface area contributed by atoms with Crippen LogP contribution in [0.5, 0.6) is 0 Å². The summed E-state index contributed by atoms with van der Waals surface area (Å²) in [6, 6.07) is 12.7. The Morgan fingerprint density at radius 1 is 1.10 bits per heavy atom. The topological polar surface area (TPSA) is 71.3 Å². The normalized spacial score (nSPS) is 22.8. The molecule has 1 heterocycles. The average molecular weight is 423 g/mol. The van der Waals surface area contributed by atoms with Crippen molar-refractivity contribution in [3.8, 4) is 0 Å². The van der Waals surface area contributed by atoms with E-state index in [1.165, 1.54) is 12.1 Å². The predicted octanol–water partition coefficient (Wildman–Crippen LogP) is 4.90. The third kappa shape index (κ3) is 4.20. The van der Waals surface area contributed by atoms with Gasteiger partial charge in [-0.1, -0.05) is 36.8 Å². The van der Waals surface area contributed by atoms with Crippen molar-refractivity contribution in [1.82, 2.24) is 9.88 Å². The molecule has 1 fully saturated rings. The number of halogens is 1. The summed E-state index contributed by atoms with van der Waals surface area (Å²) in [7, 11) is 0. The van der Waals surface area contributed by atoms with Crippen LogP contribution in [0, 0.1) is 18.2 Å². The Balaban J connectivity index is 1.61. The first kappa shape index (κ1) is 21.1. The third-order valence-corrected chi connectivity index (χ3v) is 6.22. The lowest BCUT2D eigenvalue weighted by Crippen LogP contribution is -2.59. The van der Waals surface area contributed by atoms with E-state index < -0.39 is 11.5 Å². The van der Waals surface area contributed by atoms with E-state index in [0.717, 1.165) is 11.1 Å². The summed E-state index contributed by atoms with van der Waals surface area (Å²) in [5, 5.41) is 12.6. The fraction of sp³-hybridized carbons (Fsp3) is 0.360. The molecule has 1 aromatic heterocycles. The van der Waals surface area contributed by atoms with Gasteiger partial charge in [-0.15, -0.1) is 0 Å². The summed E-state index contributed by atoms with van der Waals surface area (Å²) in [5.41, 5.74) is 2.41. The Kier molecular flexibility index (Phi) is 5.12. The highest BCUT2D eigenvalue weighted by molar-refractivity contribution is 6.06. The number of carboxylic acids is 1. The number of fused-ring (bicyclic) bond motifs is 1.